The highest BCUT2D eigenvalue weighted by Crippen LogP contribution is 2.37. The van der Waals surface area contributed by atoms with E-state index in [1.54, 1.807) is 0 Å². The van der Waals surface area contributed by atoms with Gasteiger partial charge in [0.25, 0.3) is 11.6 Å². The fourth-order valence-corrected chi connectivity index (χ4v) is 4.78. The predicted octanol–water partition coefficient (Wildman–Crippen LogP) is 4.83. The van der Waals surface area contributed by atoms with Crippen LogP contribution in [-0.4, -0.2) is 61.1 Å². The average molecular weight is 487 g/mol. The molecule has 0 aliphatic carbocycles. The number of hydrogen-bond donors (Lipinski definition) is 0. The van der Waals surface area contributed by atoms with Gasteiger partial charge in [0.2, 0.25) is 0 Å². The predicted molar refractivity (Wildman–Crippen MR) is 135 cm³/mol. The molecule has 0 bridgehead atoms. The molecule has 0 aliphatic heterocycles. The van der Waals surface area contributed by atoms with E-state index in [0.717, 1.165) is 34.4 Å². The number of methoxy groups -OCH3 is 2. The first-order valence-corrected chi connectivity index (χ1v) is 11.9. The van der Waals surface area contributed by atoms with Crippen LogP contribution in [0, 0.1) is 24.0 Å². The summed E-state index contributed by atoms with van der Waals surface area (Å²) >= 11 is 1.40. The Morgan fingerprint density at radius 1 is 1.09 bits per heavy atom. The zero-order valence-corrected chi connectivity index (χ0v) is 21.2. The first-order valence-electron chi connectivity index (χ1n) is 11.1. The fourth-order valence-electron chi connectivity index (χ4n) is 3.73. The Kier molecular flexibility index (Phi) is 8.06. The zero-order valence-electron chi connectivity index (χ0n) is 20.4. The summed E-state index contributed by atoms with van der Waals surface area (Å²) in [6.07, 6.45) is 0. The molecule has 0 saturated heterocycles. The van der Waals surface area contributed by atoms with Crippen LogP contribution in [0.4, 0.5) is 10.8 Å². The quantitative estimate of drug-likeness (QED) is 0.299. The number of fused-ring (bicyclic) bond motifs is 1. The lowest BCUT2D eigenvalue weighted by atomic mass is 10.1. The Morgan fingerprint density at radius 3 is 2.32 bits per heavy atom. The van der Waals surface area contributed by atoms with Gasteiger partial charge in [0.15, 0.2) is 16.6 Å². The van der Waals surface area contributed by atoms with Gasteiger partial charge in [-0.1, -0.05) is 31.3 Å². The Balaban J connectivity index is 2.14. The second kappa shape index (κ2) is 10.8. The minimum atomic E-state index is -0.580. The minimum absolute atomic E-state index is 0.0747. The number of carbonyl (C=O) groups excluding carboxylic acids is 1. The summed E-state index contributed by atoms with van der Waals surface area (Å²) in [5, 5.41) is 12.4. The summed E-state index contributed by atoms with van der Waals surface area (Å²) in [7, 11) is 2.82. The number of amides is 1. The lowest BCUT2D eigenvalue weighted by Crippen LogP contribution is -2.39. The Morgan fingerprint density at radius 2 is 1.74 bits per heavy atom. The minimum Gasteiger partial charge on any atom is -0.493 e. The number of hydrogen-bond acceptors (Lipinski definition) is 8. The maximum Gasteiger partial charge on any atom is 0.286 e. The summed E-state index contributed by atoms with van der Waals surface area (Å²) in [5.41, 5.74) is 2.58. The number of nitro benzene ring substituents is 1. The molecule has 9 nitrogen and oxygen atoms in total. The molecule has 0 spiro atoms. The third kappa shape index (κ3) is 4.97. The SMILES string of the molecule is CCN(CC)CCN(C(=O)c1cc(OC)c(OC)cc1[N+](=O)[O-])c1nc2c(C)c(C)ccc2s1. The number of rotatable bonds is 10. The molecule has 0 radical (unpaired) electrons. The Hall–Kier alpha value is -3.24. The van der Waals surface area contributed by atoms with Gasteiger partial charge in [-0.3, -0.25) is 19.8 Å². The van der Waals surface area contributed by atoms with E-state index >= 15 is 0 Å². The number of benzene rings is 2. The largest absolute Gasteiger partial charge is 0.493 e. The van der Waals surface area contributed by atoms with E-state index in [1.165, 1.54) is 42.6 Å². The van der Waals surface area contributed by atoms with Crippen molar-refractivity contribution in [2.45, 2.75) is 27.7 Å². The normalized spacial score (nSPS) is 11.1. The number of anilines is 1. The number of likely N-dealkylation sites (N-methyl/N-ethyl adjacent to an activating group) is 1. The molecule has 2 aromatic carbocycles. The van der Waals surface area contributed by atoms with Gasteiger partial charge in [-0.15, -0.1) is 0 Å². The van der Waals surface area contributed by atoms with Gasteiger partial charge in [0.05, 0.1) is 35.4 Å². The second-order valence-corrected chi connectivity index (χ2v) is 8.82. The van der Waals surface area contributed by atoms with E-state index in [1.807, 2.05) is 26.0 Å². The molecule has 0 atom stereocenters. The molecule has 1 amide bonds. The van der Waals surface area contributed by atoms with Gasteiger partial charge < -0.3 is 14.4 Å². The smallest absolute Gasteiger partial charge is 0.286 e. The highest BCUT2D eigenvalue weighted by Gasteiger charge is 2.30. The van der Waals surface area contributed by atoms with Crippen molar-refractivity contribution < 1.29 is 19.2 Å². The van der Waals surface area contributed by atoms with Crippen molar-refractivity contribution in [2.75, 3.05) is 45.3 Å². The van der Waals surface area contributed by atoms with Gasteiger partial charge >= 0.3 is 0 Å². The average Bonchev–Trinajstić information content (AvgIpc) is 3.27. The topological polar surface area (TPSA) is 98.0 Å². The van der Waals surface area contributed by atoms with Gasteiger partial charge in [0, 0.05) is 19.2 Å². The number of thiazole rings is 1. The molecule has 3 aromatic rings. The number of ether oxygens (including phenoxy) is 2. The van der Waals surface area contributed by atoms with Crippen molar-refractivity contribution in [1.82, 2.24) is 9.88 Å². The summed E-state index contributed by atoms with van der Waals surface area (Å²) in [5.74, 6) is -0.0734. The summed E-state index contributed by atoms with van der Waals surface area (Å²) < 4.78 is 11.5. The number of nitro groups is 1. The van der Waals surface area contributed by atoms with Crippen LogP contribution in [0.1, 0.15) is 35.3 Å². The molecule has 10 heteroatoms. The second-order valence-electron chi connectivity index (χ2n) is 7.82. The molecule has 34 heavy (non-hydrogen) atoms. The first-order chi connectivity index (χ1) is 16.2. The van der Waals surface area contributed by atoms with Crippen molar-refractivity contribution in [3.8, 4) is 11.5 Å². The third-order valence-electron chi connectivity index (χ3n) is 6.01. The molecule has 182 valence electrons. The van der Waals surface area contributed by atoms with E-state index in [-0.39, 0.29) is 22.7 Å². The van der Waals surface area contributed by atoms with E-state index < -0.39 is 10.8 Å². The van der Waals surface area contributed by atoms with Gasteiger partial charge in [-0.05, 0) is 44.1 Å². The number of aromatic nitrogens is 1. The van der Waals surface area contributed by atoms with Crippen molar-refractivity contribution in [1.29, 1.82) is 0 Å². The van der Waals surface area contributed by atoms with E-state index in [4.69, 9.17) is 14.5 Å². The third-order valence-corrected chi connectivity index (χ3v) is 7.06. The lowest BCUT2D eigenvalue weighted by Gasteiger charge is -2.25. The van der Waals surface area contributed by atoms with Crippen molar-refractivity contribution in [3.05, 3.63) is 51.1 Å². The van der Waals surface area contributed by atoms with Crippen molar-refractivity contribution in [3.63, 3.8) is 0 Å². The molecular weight excluding hydrogens is 456 g/mol. The molecule has 0 N–H and O–H groups in total. The molecule has 0 aliphatic rings. The molecule has 1 heterocycles. The van der Waals surface area contributed by atoms with Gasteiger partial charge in [-0.2, -0.15) is 0 Å². The number of carbonyl (C=O) groups is 1. The summed E-state index contributed by atoms with van der Waals surface area (Å²) in [6, 6.07) is 6.61. The molecule has 0 unspecified atom stereocenters. The van der Waals surface area contributed by atoms with E-state index in [2.05, 4.69) is 18.7 Å². The van der Waals surface area contributed by atoms with Crippen LogP contribution in [0.15, 0.2) is 24.3 Å². The van der Waals surface area contributed by atoms with Crippen LogP contribution in [-0.2, 0) is 0 Å². The molecule has 1 aromatic heterocycles. The van der Waals surface area contributed by atoms with E-state index in [0.29, 0.717) is 18.2 Å². The molecular formula is C24H30N4O5S. The first kappa shape index (κ1) is 25.4. The summed E-state index contributed by atoms with van der Waals surface area (Å²) in [4.78, 5) is 33.6. The van der Waals surface area contributed by atoms with Crippen LogP contribution in [0.5, 0.6) is 11.5 Å². The van der Waals surface area contributed by atoms with Crippen LogP contribution in [0.2, 0.25) is 0 Å². The van der Waals surface area contributed by atoms with Gasteiger partial charge in [-0.25, -0.2) is 4.98 Å². The lowest BCUT2D eigenvalue weighted by molar-refractivity contribution is -0.385. The van der Waals surface area contributed by atoms with E-state index in [9.17, 15) is 14.9 Å². The highest BCUT2D eigenvalue weighted by atomic mass is 32.1. The van der Waals surface area contributed by atoms with Crippen LogP contribution >= 0.6 is 11.3 Å². The fraction of sp³-hybridized carbons (Fsp3) is 0.417. The molecule has 3 rings (SSSR count). The standard InChI is InChI=1S/C24H30N4O5S/c1-7-26(8-2)11-12-27(24-25-22-16(4)15(3)9-10-21(22)34-24)23(29)17-13-19(32-5)20(33-6)14-18(17)28(30)31/h9-10,13-14H,7-8,11-12H2,1-6H3. The highest BCUT2D eigenvalue weighted by molar-refractivity contribution is 7.22. The number of nitrogens with zero attached hydrogens (tertiary/aromatic N) is 4. The van der Waals surface area contributed by atoms with Crippen LogP contribution in [0.3, 0.4) is 0 Å². The maximum atomic E-state index is 13.8. The summed E-state index contributed by atoms with van der Waals surface area (Å²) in [6.45, 7) is 10.7. The van der Waals surface area contributed by atoms with Gasteiger partial charge in [0.1, 0.15) is 5.56 Å². The molecule has 0 fully saturated rings. The monoisotopic (exact) mass is 486 g/mol. The van der Waals surface area contributed by atoms with Crippen LogP contribution < -0.4 is 14.4 Å². The van der Waals surface area contributed by atoms with Crippen molar-refractivity contribution in [2.24, 2.45) is 0 Å². The Bertz CT molecular complexity index is 1210. The maximum absolute atomic E-state index is 13.8. The molecule has 0 saturated carbocycles. The van der Waals surface area contributed by atoms with Crippen molar-refractivity contribution >= 4 is 38.3 Å². The Labute approximate surface area is 203 Å². The number of aryl methyl sites for hydroxylation is 2. The zero-order chi connectivity index (χ0) is 25.0. The van der Waals surface area contributed by atoms with Crippen LogP contribution in [0.25, 0.3) is 10.2 Å².